The Labute approximate surface area is 334 Å². The number of hydrogen-bond donors (Lipinski definition) is 3. The van der Waals surface area contributed by atoms with Gasteiger partial charge < -0.3 is 34.5 Å². The fourth-order valence-electron chi connectivity index (χ4n) is 8.69. The zero-order valence-electron chi connectivity index (χ0n) is 33.3. The highest BCUT2D eigenvalue weighted by Crippen LogP contribution is 2.46. The molecule has 16 heteroatoms. The van der Waals surface area contributed by atoms with E-state index in [9.17, 15) is 27.6 Å². The lowest BCUT2D eigenvalue weighted by molar-refractivity contribution is -0.142. The largest absolute Gasteiger partial charge is 0.496 e. The second-order valence-corrected chi connectivity index (χ2v) is 19.1. The molecule has 57 heavy (non-hydrogen) atoms. The van der Waals surface area contributed by atoms with Crippen LogP contribution in [0.2, 0.25) is 0 Å². The summed E-state index contributed by atoms with van der Waals surface area (Å²) in [4.78, 5) is 62.6. The maximum atomic E-state index is 14.9. The van der Waals surface area contributed by atoms with Crippen LogP contribution in [0.3, 0.4) is 0 Å². The van der Waals surface area contributed by atoms with Crippen LogP contribution >= 0.6 is 0 Å². The number of sulfonamides is 1. The van der Waals surface area contributed by atoms with Crippen LogP contribution < -0.4 is 29.6 Å². The minimum absolute atomic E-state index is 0.0147. The zero-order valence-corrected chi connectivity index (χ0v) is 34.1. The lowest BCUT2D eigenvalue weighted by atomic mass is 9.83. The standard InChI is InChI=1S/C41H55N5O10S/c1-6-26-21-41(26,38(49)45-57(51,52)28-14-15-28)44-36(47)31-18-27-22-46(31)37(48)35(24-11-8-7-9-12-24)43-39(50)55-23-40(2,3)16-10-13-25-17-29-30(19-32(25)53-4)42-34(54-5)20-33(29)56-27/h6,17,19-20,24,26-28,31,35H,1,7-16,18,21-23H2,2-5H3,(H,43,50)(H,44,47)(H,45,49)/t26?,27-,31+,35+,41-/m1/s1. The van der Waals surface area contributed by atoms with E-state index in [-0.39, 0.29) is 37.3 Å². The molecule has 4 fully saturated rings. The number of nitrogens with one attached hydrogen (secondary N) is 3. The molecule has 2 aliphatic heterocycles. The molecule has 7 rings (SSSR count). The summed E-state index contributed by atoms with van der Waals surface area (Å²) in [5.41, 5.74) is -0.422. The Bertz CT molecular complexity index is 2030. The molecular formula is C41H55N5O10S. The van der Waals surface area contributed by atoms with Crippen LogP contribution in [-0.2, 0) is 35.6 Å². The molecular weight excluding hydrogens is 755 g/mol. The minimum atomic E-state index is -3.91. The number of carbonyl (C=O) groups is 4. The van der Waals surface area contributed by atoms with Gasteiger partial charge in [-0.15, -0.1) is 6.58 Å². The molecule has 15 nitrogen and oxygen atoms in total. The van der Waals surface area contributed by atoms with Crippen molar-refractivity contribution in [3.05, 3.63) is 36.4 Å². The number of fused-ring (bicyclic) bond motifs is 3. The van der Waals surface area contributed by atoms with E-state index in [2.05, 4.69) is 26.9 Å². The molecule has 5 atom stereocenters. The lowest BCUT2D eigenvalue weighted by Gasteiger charge is -2.35. The number of ether oxygens (including phenoxy) is 4. The third kappa shape index (κ3) is 8.65. The fourth-order valence-corrected chi connectivity index (χ4v) is 10.1. The molecule has 1 aromatic heterocycles. The Morgan fingerprint density at radius 2 is 1.81 bits per heavy atom. The van der Waals surface area contributed by atoms with Gasteiger partial charge in [0.05, 0.1) is 38.1 Å². The maximum Gasteiger partial charge on any atom is 0.407 e. The number of methoxy groups -OCH3 is 2. The van der Waals surface area contributed by atoms with Crippen molar-refractivity contribution >= 4 is 44.7 Å². The number of pyridine rings is 1. The van der Waals surface area contributed by atoms with E-state index in [0.717, 1.165) is 37.7 Å². The van der Waals surface area contributed by atoms with Crippen LogP contribution in [0.4, 0.5) is 4.79 Å². The summed E-state index contributed by atoms with van der Waals surface area (Å²) in [7, 11) is -0.799. The van der Waals surface area contributed by atoms with Crippen LogP contribution in [0, 0.1) is 17.3 Å². The number of carbonyl (C=O) groups excluding carboxylic acids is 4. The van der Waals surface area contributed by atoms with E-state index >= 15 is 0 Å². The molecule has 5 aliphatic rings. The van der Waals surface area contributed by atoms with E-state index in [1.807, 2.05) is 26.0 Å². The molecule has 4 bridgehead atoms. The Kier molecular flexibility index (Phi) is 11.4. The summed E-state index contributed by atoms with van der Waals surface area (Å²) in [5.74, 6) is -1.24. The van der Waals surface area contributed by atoms with Crippen LogP contribution in [0.25, 0.3) is 10.9 Å². The van der Waals surface area contributed by atoms with Crippen molar-refractivity contribution in [1.29, 1.82) is 0 Å². The molecule has 310 valence electrons. The molecule has 3 saturated carbocycles. The molecule has 3 heterocycles. The molecule has 4 amide bonds. The highest BCUT2D eigenvalue weighted by Gasteiger charge is 2.62. The molecule has 0 radical (unpaired) electrons. The highest BCUT2D eigenvalue weighted by molar-refractivity contribution is 7.91. The van der Waals surface area contributed by atoms with Gasteiger partial charge in [-0.1, -0.05) is 39.2 Å². The van der Waals surface area contributed by atoms with Gasteiger partial charge in [0.25, 0.3) is 5.91 Å². The second-order valence-electron chi connectivity index (χ2n) is 17.1. The van der Waals surface area contributed by atoms with Gasteiger partial charge in [0, 0.05) is 29.9 Å². The predicted octanol–water partition coefficient (Wildman–Crippen LogP) is 4.31. The minimum Gasteiger partial charge on any atom is -0.496 e. The number of alkyl carbamates (subject to hydrolysis) is 1. The zero-order chi connectivity index (χ0) is 40.7. The van der Waals surface area contributed by atoms with E-state index in [1.165, 1.54) is 18.1 Å². The van der Waals surface area contributed by atoms with Crippen molar-refractivity contribution in [1.82, 2.24) is 25.2 Å². The predicted molar refractivity (Wildman–Crippen MR) is 210 cm³/mol. The van der Waals surface area contributed by atoms with Gasteiger partial charge in [0.15, 0.2) is 0 Å². The van der Waals surface area contributed by atoms with Gasteiger partial charge in [-0.05, 0) is 74.3 Å². The van der Waals surface area contributed by atoms with Crippen LogP contribution in [0.1, 0.15) is 90.0 Å². The highest BCUT2D eigenvalue weighted by atomic mass is 32.2. The fraction of sp³-hybridized carbons (Fsp3) is 0.634. The van der Waals surface area contributed by atoms with E-state index in [1.54, 1.807) is 13.2 Å². The summed E-state index contributed by atoms with van der Waals surface area (Å²) < 4.78 is 51.6. The number of nitrogens with zero attached hydrogens (tertiary/aromatic N) is 2. The molecule has 2 aromatic rings. The van der Waals surface area contributed by atoms with Crippen molar-refractivity contribution in [3.63, 3.8) is 0 Å². The van der Waals surface area contributed by atoms with Crippen molar-refractivity contribution < 1.29 is 46.5 Å². The van der Waals surface area contributed by atoms with E-state index in [0.29, 0.717) is 60.4 Å². The van der Waals surface area contributed by atoms with Gasteiger partial charge >= 0.3 is 6.09 Å². The van der Waals surface area contributed by atoms with Gasteiger partial charge in [-0.25, -0.2) is 18.2 Å². The number of aromatic nitrogens is 1. The average Bonchev–Trinajstić information content (AvgIpc) is 4.12. The second kappa shape index (κ2) is 16.0. The average molecular weight is 810 g/mol. The van der Waals surface area contributed by atoms with Crippen molar-refractivity contribution in [2.45, 2.75) is 120 Å². The Hall–Kier alpha value is -4.60. The maximum absolute atomic E-state index is 14.9. The quantitative estimate of drug-likeness (QED) is 0.306. The SMILES string of the molecule is C=CC1C[C@]1(NC(=O)[C@@H]1C[C@@H]2CN1C(=O)[C@H](C1CCCCC1)NC(=O)OCC(C)(C)CCCc1cc3c(cc(OC)nc3cc1OC)O2)C(=O)NS(=O)(=O)C1CC1. The van der Waals surface area contributed by atoms with E-state index < -0.39 is 68.7 Å². The molecule has 1 aromatic carbocycles. The number of cyclic esters (lactones) is 1. The Morgan fingerprint density at radius 1 is 1.05 bits per heavy atom. The number of hydrogen-bond acceptors (Lipinski definition) is 11. The van der Waals surface area contributed by atoms with Crippen molar-refractivity contribution in [2.24, 2.45) is 17.3 Å². The van der Waals surface area contributed by atoms with Crippen LogP contribution in [0.5, 0.6) is 17.4 Å². The normalized spacial score (nSPS) is 28.2. The summed E-state index contributed by atoms with van der Waals surface area (Å²) in [5, 5.41) is 5.81. The summed E-state index contributed by atoms with van der Waals surface area (Å²) >= 11 is 0. The Balaban J connectivity index is 1.26. The van der Waals surface area contributed by atoms with Gasteiger partial charge in [0.2, 0.25) is 27.7 Å². The molecule has 3 N–H and O–H groups in total. The molecule has 1 unspecified atom stereocenters. The van der Waals surface area contributed by atoms with Crippen LogP contribution in [0.15, 0.2) is 30.9 Å². The number of benzene rings is 1. The van der Waals surface area contributed by atoms with Gasteiger partial charge in [-0.2, -0.15) is 0 Å². The third-order valence-corrected chi connectivity index (χ3v) is 14.1. The molecule has 3 aliphatic carbocycles. The molecule has 0 spiro atoms. The molecule has 1 saturated heterocycles. The van der Waals surface area contributed by atoms with Crippen LogP contribution in [-0.4, -0.2) is 98.5 Å². The monoisotopic (exact) mass is 809 g/mol. The van der Waals surface area contributed by atoms with Crippen molar-refractivity contribution in [2.75, 3.05) is 27.4 Å². The number of amides is 4. The Morgan fingerprint density at radius 3 is 2.47 bits per heavy atom. The first-order valence-electron chi connectivity index (χ1n) is 20.1. The third-order valence-electron chi connectivity index (χ3n) is 12.3. The number of rotatable bonds is 9. The lowest BCUT2D eigenvalue weighted by Crippen LogP contribution is -2.59. The first-order chi connectivity index (χ1) is 27.2. The van der Waals surface area contributed by atoms with Gasteiger partial charge in [-0.3, -0.25) is 19.1 Å². The van der Waals surface area contributed by atoms with Gasteiger partial charge in [0.1, 0.15) is 35.2 Å². The van der Waals surface area contributed by atoms with Crippen molar-refractivity contribution in [3.8, 4) is 17.4 Å². The van der Waals surface area contributed by atoms with E-state index in [4.69, 9.17) is 18.9 Å². The summed E-state index contributed by atoms with van der Waals surface area (Å²) in [6.07, 6.45) is 7.61. The number of aryl methyl sites for hydroxylation is 1. The topological polar surface area (TPSA) is 192 Å². The smallest absolute Gasteiger partial charge is 0.407 e. The summed E-state index contributed by atoms with van der Waals surface area (Å²) in [6, 6.07) is 3.40. The summed E-state index contributed by atoms with van der Waals surface area (Å²) in [6.45, 7) is 7.98. The first-order valence-corrected chi connectivity index (χ1v) is 21.7. The first kappa shape index (κ1) is 40.6.